The van der Waals surface area contributed by atoms with Crippen molar-refractivity contribution in [3.8, 4) is 0 Å². The van der Waals surface area contributed by atoms with Gasteiger partial charge in [0.2, 0.25) is 0 Å². The SMILES string of the molecule is CC(C)(C)NC(=O)NCC(O)c1ccccc1. The van der Waals surface area contributed by atoms with Crippen LogP contribution in [0.4, 0.5) is 4.79 Å². The molecule has 3 N–H and O–H groups in total. The number of amides is 2. The number of carbonyl (C=O) groups excluding carboxylic acids is 1. The van der Waals surface area contributed by atoms with E-state index in [1.807, 2.05) is 51.1 Å². The monoisotopic (exact) mass is 236 g/mol. The fourth-order valence-electron chi connectivity index (χ4n) is 1.37. The maximum absolute atomic E-state index is 11.5. The van der Waals surface area contributed by atoms with Gasteiger partial charge in [-0.25, -0.2) is 4.79 Å². The fraction of sp³-hybridized carbons (Fsp3) is 0.462. The van der Waals surface area contributed by atoms with Gasteiger partial charge in [-0.1, -0.05) is 30.3 Å². The summed E-state index contributed by atoms with van der Waals surface area (Å²) in [6.07, 6.45) is -0.679. The molecular weight excluding hydrogens is 216 g/mol. The van der Waals surface area contributed by atoms with Crippen LogP contribution in [-0.4, -0.2) is 23.2 Å². The molecule has 0 aliphatic carbocycles. The quantitative estimate of drug-likeness (QED) is 0.749. The van der Waals surface area contributed by atoms with Crippen molar-refractivity contribution in [3.05, 3.63) is 35.9 Å². The van der Waals surface area contributed by atoms with Crippen molar-refractivity contribution in [1.82, 2.24) is 10.6 Å². The Morgan fingerprint density at radius 3 is 2.41 bits per heavy atom. The molecule has 0 fully saturated rings. The van der Waals surface area contributed by atoms with Gasteiger partial charge in [0.1, 0.15) is 0 Å². The topological polar surface area (TPSA) is 61.4 Å². The van der Waals surface area contributed by atoms with Gasteiger partial charge in [-0.2, -0.15) is 0 Å². The van der Waals surface area contributed by atoms with E-state index in [0.29, 0.717) is 0 Å². The lowest BCUT2D eigenvalue weighted by Crippen LogP contribution is -2.47. The van der Waals surface area contributed by atoms with Gasteiger partial charge in [-0.3, -0.25) is 0 Å². The lowest BCUT2D eigenvalue weighted by molar-refractivity contribution is 0.171. The first-order valence-corrected chi connectivity index (χ1v) is 5.67. The van der Waals surface area contributed by atoms with Crippen molar-refractivity contribution in [2.75, 3.05) is 6.54 Å². The molecule has 1 unspecified atom stereocenters. The van der Waals surface area contributed by atoms with Gasteiger partial charge in [0.05, 0.1) is 6.10 Å². The molecule has 0 heterocycles. The zero-order valence-corrected chi connectivity index (χ0v) is 10.5. The molecule has 1 rings (SSSR count). The van der Waals surface area contributed by atoms with E-state index in [-0.39, 0.29) is 18.1 Å². The lowest BCUT2D eigenvalue weighted by atomic mass is 10.1. The molecule has 94 valence electrons. The summed E-state index contributed by atoms with van der Waals surface area (Å²) in [7, 11) is 0. The summed E-state index contributed by atoms with van der Waals surface area (Å²) in [5, 5.41) is 15.2. The van der Waals surface area contributed by atoms with E-state index in [4.69, 9.17) is 0 Å². The van der Waals surface area contributed by atoms with Crippen molar-refractivity contribution in [3.63, 3.8) is 0 Å². The van der Waals surface area contributed by atoms with Crippen LogP contribution in [0.1, 0.15) is 32.4 Å². The highest BCUT2D eigenvalue weighted by Gasteiger charge is 2.14. The molecule has 1 atom stereocenters. The van der Waals surface area contributed by atoms with Gasteiger partial charge in [0.25, 0.3) is 0 Å². The molecule has 1 aromatic rings. The highest BCUT2D eigenvalue weighted by molar-refractivity contribution is 5.74. The van der Waals surface area contributed by atoms with Gasteiger partial charge in [-0.15, -0.1) is 0 Å². The number of aliphatic hydroxyl groups excluding tert-OH is 1. The Bertz CT molecular complexity index is 357. The summed E-state index contributed by atoms with van der Waals surface area (Å²) >= 11 is 0. The van der Waals surface area contributed by atoms with E-state index in [1.165, 1.54) is 0 Å². The molecule has 0 saturated carbocycles. The first kappa shape index (κ1) is 13.5. The van der Waals surface area contributed by atoms with E-state index >= 15 is 0 Å². The average Bonchev–Trinajstić information content (AvgIpc) is 2.25. The van der Waals surface area contributed by atoms with Crippen molar-refractivity contribution >= 4 is 6.03 Å². The highest BCUT2D eigenvalue weighted by Crippen LogP contribution is 2.10. The number of rotatable bonds is 3. The predicted octanol–water partition coefficient (Wildman–Crippen LogP) is 1.82. The van der Waals surface area contributed by atoms with E-state index in [2.05, 4.69) is 10.6 Å². The molecule has 0 spiro atoms. The molecular formula is C13H20N2O2. The van der Waals surface area contributed by atoms with Crippen LogP contribution < -0.4 is 10.6 Å². The molecule has 4 nitrogen and oxygen atoms in total. The van der Waals surface area contributed by atoms with Crippen LogP contribution in [0.15, 0.2) is 30.3 Å². The largest absolute Gasteiger partial charge is 0.387 e. The summed E-state index contributed by atoms with van der Waals surface area (Å²) in [5.41, 5.74) is 0.519. The minimum absolute atomic E-state index is 0.200. The number of hydrogen-bond donors (Lipinski definition) is 3. The Kier molecular flexibility index (Phi) is 4.52. The summed E-state index contributed by atoms with van der Waals surface area (Å²) in [6, 6.07) is 8.98. The second-order valence-corrected chi connectivity index (χ2v) is 5.01. The van der Waals surface area contributed by atoms with Gasteiger partial charge in [0.15, 0.2) is 0 Å². The fourth-order valence-corrected chi connectivity index (χ4v) is 1.37. The molecule has 4 heteroatoms. The van der Waals surface area contributed by atoms with Crippen molar-refractivity contribution in [1.29, 1.82) is 0 Å². The molecule has 0 radical (unpaired) electrons. The van der Waals surface area contributed by atoms with Crippen molar-refractivity contribution in [2.24, 2.45) is 0 Å². The molecule has 1 aromatic carbocycles. The van der Waals surface area contributed by atoms with Crippen LogP contribution in [0.3, 0.4) is 0 Å². The van der Waals surface area contributed by atoms with Gasteiger partial charge in [0, 0.05) is 12.1 Å². The first-order valence-electron chi connectivity index (χ1n) is 5.67. The van der Waals surface area contributed by atoms with E-state index in [9.17, 15) is 9.90 Å². The van der Waals surface area contributed by atoms with Crippen LogP contribution in [0.5, 0.6) is 0 Å². The number of urea groups is 1. The number of nitrogens with one attached hydrogen (secondary N) is 2. The molecule has 0 aliphatic heterocycles. The van der Waals surface area contributed by atoms with Crippen molar-refractivity contribution < 1.29 is 9.90 Å². The van der Waals surface area contributed by atoms with Gasteiger partial charge in [-0.05, 0) is 26.3 Å². The van der Waals surface area contributed by atoms with E-state index < -0.39 is 6.10 Å². The minimum atomic E-state index is -0.679. The third-order valence-corrected chi connectivity index (χ3v) is 2.13. The maximum atomic E-state index is 11.5. The summed E-state index contributed by atoms with van der Waals surface area (Å²) < 4.78 is 0. The minimum Gasteiger partial charge on any atom is -0.387 e. The average molecular weight is 236 g/mol. The summed E-state index contributed by atoms with van der Waals surface area (Å²) in [6.45, 7) is 5.91. The van der Waals surface area contributed by atoms with Gasteiger partial charge < -0.3 is 15.7 Å². The molecule has 17 heavy (non-hydrogen) atoms. The summed E-state index contributed by atoms with van der Waals surface area (Å²) in [5.74, 6) is 0. The zero-order chi connectivity index (χ0) is 12.9. The van der Waals surface area contributed by atoms with Crippen LogP contribution in [0.2, 0.25) is 0 Å². The third kappa shape index (κ3) is 5.36. The Morgan fingerprint density at radius 2 is 1.88 bits per heavy atom. The van der Waals surface area contributed by atoms with Gasteiger partial charge >= 0.3 is 6.03 Å². The number of aliphatic hydroxyl groups is 1. The standard InChI is InChI=1S/C13H20N2O2/c1-13(2,3)15-12(17)14-9-11(16)10-7-5-4-6-8-10/h4-8,11,16H,9H2,1-3H3,(H2,14,15,17). The molecule has 0 aliphatic rings. The smallest absolute Gasteiger partial charge is 0.315 e. The number of carbonyl (C=O) groups is 1. The number of hydrogen-bond acceptors (Lipinski definition) is 2. The normalized spacial score (nSPS) is 12.9. The highest BCUT2D eigenvalue weighted by atomic mass is 16.3. The first-order chi connectivity index (χ1) is 7.88. The molecule has 2 amide bonds. The Morgan fingerprint density at radius 1 is 1.29 bits per heavy atom. The zero-order valence-electron chi connectivity index (χ0n) is 10.5. The third-order valence-electron chi connectivity index (χ3n) is 2.13. The molecule has 0 aromatic heterocycles. The lowest BCUT2D eigenvalue weighted by Gasteiger charge is -2.21. The Hall–Kier alpha value is -1.55. The van der Waals surface area contributed by atoms with Crippen molar-refractivity contribution in [2.45, 2.75) is 32.4 Å². The second kappa shape index (κ2) is 5.68. The van der Waals surface area contributed by atoms with Crippen LogP contribution in [-0.2, 0) is 0 Å². The predicted molar refractivity (Wildman–Crippen MR) is 67.7 cm³/mol. The Balaban J connectivity index is 2.39. The van der Waals surface area contributed by atoms with Crippen LogP contribution in [0, 0.1) is 0 Å². The van der Waals surface area contributed by atoms with Crippen LogP contribution >= 0.6 is 0 Å². The van der Waals surface area contributed by atoms with E-state index in [0.717, 1.165) is 5.56 Å². The molecule has 0 saturated heterocycles. The van der Waals surface area contributed by atoms with E-state index in [1.54, 1.807) is 0 Å². The maximum Gasteiger partial charge on any atom is 0.315 e. The second-order valence-electron chi connectivity index (χ2n) is 5.01. The van der Waals surface area contributed by atoms with Crippen LogP contribution in [0.25, 0.3) is 0 Å². The Labute approximate surface area is 102 Å². The summed E-state index contributed by atoms with van der Waals surface area (Å²) in [4.78, 5) is 11.5. The number of benzene rings is 1. The molecule has 0 bridgehead atoms.